The van der Waals surface area contributed by atoms with E-state index in [1.165, 1.54) is 22.8 Å². The van der Waals surface area contributed by atoms with Crippen LogP contribution in [0.4, 0.5) is 5.69 Å². The molecule has 0 radical (unpaired) electrons. The van der Waals surface area contributed by atoms with Crippen LogP contribution in [0.3, 0.4) is 0 Å². The maximum Gasteiger partial charge on any atom is 0.0478 e. The molecule has 1 nitrogen and oxygen atoms in total. The number of benzene rings is 1. The largest absolute Gasteiger partial charge is 0.384 e. The predicted molar refractivity (Wildman–Crippen MR) is 69.7 cm³/mol. The van der Waals surface area contributed by atoms with Crippen LogP contribution in [-0.4, -0.2) is 24.8 Å². The van der Waals surface area contributed by atoms with Gasteiger partial charge >= 0.3 is 0 Å². The van der Waals surface area contributed by atoms with Crippen LogP contribution < -0.4 is 5.32 Å². The van der Waals surface area contributed by atoms with E-state index < -0.39 is 0 Å². The molecule has 0 amide bonds. The van der Waals surface area contributed by atoms with Gasteiger partial charge in [-0.05, 0) is 36.8 Å². The van der Waals surface area contributed by atoms with Crippen LogP contribution >= 0.6 is 23.5 Å². The lowest BCUT2D eigenvalue weighted by atomic mass is 10.3. The first kappa shape index (κ1) is 11.8. The van der Waals surface area contributed by atoms with E-state index in [1.807, 2.05) is 11.8 Å². The van der Waals surface area contributed by atoms with Crippen molar-refractivity contribution < 1.29 is 0 Å². The number of rotatable bonds is 6. The number of para-hydroxylation sites is 1. The molecule has 0 bridgehead atoms. The van der Waals surface area contributed by atoms with Crippen LogP contribution in [0.1, 0.15) is 6.42 Å². The summed E-state index contributed by atoms with van der Waals surface area (Å²) in [7, 11) is 0. The van der Waals surface area contributed by atoms with Crippen LogP contribution in [0.2, 0.25) is 0 Å². The topological polar surface area (TPSA) is 12.0 Å². The average molecular weight is 227 g/mol. The van der Waals surface area contributed by atoms with Crippen LogP contribution in [0.5, 0.6) is 0 Å². The third kappa shape index (κ3) is 3.84. The molecule has 1 aromatic rings. The second-order valence-electron chi connectivity index (χ2n) is 2.97. The van der Waals surface area contributed by atoms with Crippen molar-refractivity contribution in [2.24, 2.45) is 0 Å². The smallest absolute Gasteiger partial charge is 0.0478 e. The second-order valence-corrected chi connectivity index (χ2v) is 4.81. The van der Waals surface area contributed by atoms with Crippen LogP contribution in [0, 0.1) is 0 Å². The van der Waals surface area contributed by atoms with Crippen molar-refractivity contribution in [1.82, 2.24) is 0 Å². The fraction of sp³-hybridized carbons (Fsp3) is 0.455. The Kier molecular flexibility index (Phi) is 5.96. The van der Waals surface area contributed by atoms with E-state index in [1.54, 1.807) is 11.8 Å². The monoisotopic (exact) mass is 227 g/mol. The summed E-state index contributed by atoms with van der Waals surface area (Å²) in [6.45, 7) is 1.07. The van der Waals surface area contributed by atoms with E-state index in [2.05, 4.69) is 42.1 Å². The standard InChI is InChI=1S/C11H17NS2/c1-13-9-5-8-12-10-6-3-4-7-11(10)14-2/h3-4,6-7,12H,5,8-9H2,1-2H3. The first-order valence-electron chi connectivity index (χ1n) is 4.74. The minimum Gasteiger partial charge on any atom is -0.384 e. The molecule has 0 saturated carbocycles. The normalized spacial score (nSPS) is 10.1. The highest BCUT2D eigenvalue weighted by molar-refractivity contribution is 7.98. The number of anilines is 1. The summed E-state index contributed by atoms with van der Waals surface area (Å²) in [4.78, 5) is 1.33. The highest BCUT2D eigenvalue weighted by atomic mass is 32.2. The molecule has 0 spiro atoms. The lowest BCUT2D eigenvalue weighted by molar-refractivity contribution is 0.988. The molecule has 0 aliphatic heterocycles. The quantitative estimate of drug-likeness (QED) is 0.589. The van der Waals surface area contributed by atoms with E-state index in [0.717, 1.165) is 6.54 Å². The molecule has 0 fully saturated rings. The van der Waals surface area contributed by atoms with Crippen molar-refractivity contribution in [2.75, 3.05) is 30.1 Å². The Labute approximate surface area is 95.1 Å². The Balaban J connectivity index is 2.41. The Morgan fingerprint density at radius 3 is 2.71 bits per heavy atom. The maximum atomic E-state index is 3.46. The van der Waals surface area contributed by atoms with E-state index in [9.17, 15) is 0 Å². The van der Waals surface area contributed by atoms with Gasteiger partial charge in [-0.25, -0.2) is 0 Å². The van der Waals surface area contributed by atoms with Gasteiger partial charge in [0.2, 0.25) is 0 Å². The van der Waals surface area contributed by atoms with E-state index in [0.29, 0.717) is 0 Å². The first-order chi connectivity index (χ1) is 6.88. The van der Waals surface area contributed by atoms with Crippen molar-refractivity contribution >= 4 is 29.2 Å². The fourth-order valence-electron chi connectivity index (χ4n) is 1.23. The van der Waals surface area contributed by atoms with Gasteiger partial charge in [-0.3, -0.25) is 0 Å². The zero-order valence-electron chi connectivity index (χ0n) is 8.75. The lowest BCUT2D eigenvalue weighted by Gasteiger charge is -2.09. The van der Waals surface area contributed by atoms with Gasteiger partial charge in [-0.1, -0.05) is 12.1 Å². The Bertz CT molecular complexity index is 263. The van der Waals surface area contributed by atoms with Gasteiger partial charge in [0.05, 0.1) is 0 Å². The summed E-state index contributed by atoms with van der Waals surface area (Å²) < 4.78 is 0. The zero-order valence-corrected chi connectivity index (χ0v) is 10.4. The van der Waals surface area contributed by atoms with Crippen molar-refractivity contribution in [3.8, 4) is 0 Å². The van der Waals surface area contributed by atoms with Crippen molar-refractivity contribution in [3.05, 3.63) is 24.3 Å². The minimum absolute atomic E-state index is 1.07. The molecule has 0 heterocycles. The summed E-state index contributed by atoms with van der Waals surface area (Å²) in [5.74, 6) is 1.23. The maximum absolute atomic E-state index is 3.46. The molecule has 3 heteroatoms. The summed E-state index contributed by atoms with van der Waals surface area (Å²) in [6, 6.07) is 8.46. The molecule has 0 unspecified atom stereocenters. The minimum atomic E-state index is 1.07. The second kappa shape index (κ2) is 7.07. The van der Waals surface area contributed by atoms with Gasteiger partial charge < -0.3 is 5.32 Å². The van der Waals surface area contributed by atoms with Crippen LogP contribution in [-0.2, 0) is 0 Å². The SMILES string of the molecule is CSCCCNc1ccccc1SC. The van der Waals surface area contributed by atoms with Gasteiger partial charge in [-0.2, -0.15) is 11.8 Å². The Hall–Kier alpha value is -0.280. The molecule has 0 aromatic heterocycles. The molecule has 0 saturated heterocycles. The number of thioether (sulfide) groups is 2. The van der Waals surface area contributed by atoms with Crippen LogP contribution in [0.25, 0.3) is 0 Å². The molecule has 0 aliphatic carbocycles. The molecule has 1 rings (SSSR count). The molecule has 1 aromatic carbocycles. The molecule has 78 valence electrons. The molecular formula is C11H17NS2. The summed E-state index contributed by atoms with van der Waals surface area (Å²) in [5, 5.41) is 3.46. The summed E-state index contributed by atoms with van der Waals surface area (Å²) >= 11 is 3.69. The highest BCUT2D eigenvalue weighted by Gasteiger charge is 1.97. The third-order valence-electron chi connectivity index (χ3n) is 1.95. The van der Waals surface area contributed by atoms with Gasteiger partial charge in [0.15, 0.2) is 0 Å². The van der Waals surface area contributed by atoms with E-state index in [-0.39, 0.29) is 0 Å². The highest BCUT2D eigenvalue weighted by Crippen LogP contribution is 2.24. The fourth-order valence-corrected chi connectivity index (χ4v) is 2.24. The molecule has 0 atom stereocenters. The number of hydrogen-bond donors (Lipinski definition) is 1. The van der Waals surface area contributed by atoms with E-state index >= 15 is 0 Å². The zero-order chi connectivity index (χ0) is 10.2. The molecule has 0 aliphatic rings. The van der Waals surface area contributed by atoms with Gasteiger partial charge in [0, 0.05) is 17.1 Å². The molecular weight excluding hydrogens is 210 g/mol. The van der Waals surface area contributed by atoms with Gasteiger partial charge in [0.1, 0.15) is 0 Å². The summed E-state index contributed by atoms with van der Waals surface area (Å²) in [5.41, 5.74) is 1.26. The first-order valence-corrected chi connectivity index (χ1v) is 7.36. The average Bonchev–Trinajstić information content (AvgIpc) is 2.25. The predicted octanol–water partition coefficient (Wildman–Crippen LogP) is 3.57. The number of hydrogen-bond acceptors (Lipinski definition) is 3. The van der Waals surface area contributed by atoms with Crippen molar-refractivity contribution in [3.63, 3.8) is 0 Å². The van der Waals surface area contributed by atoms with Crippen molar-refractivity contribution in [2.45, 2.75) is 11.3 Å². The molecule has 14 heavy (non-hydrogen) atoms. The van der Waals surface area contributed by atoms with E-state index in [4.69, 9.17) is 0 Å². The Morgan fingerprint density at radius 1 is 1.21 bits per heavy atom. The van der Waals surface area contributed by atoms with Crippen LogP contribution in [0.15, 0.2) is 29.2 Å². The van der Waals surface area contributed by atoms with Gasteiger partial charge in [0.25, 0.3) is 0 Å². The van der Waals surface area contributed by atoms with Crippen molar-refractivity contribution in [1.29, 1.82) is 0 Å². The molecule has 1 N–H and O–H groups in total. The third-order valence-corrected chi connectivity index (χ3v) is 3.44. The van der Waals surface area contributed by atoms with Gasteiger partial charge in [-0.15, -0.1) is 11.8 Å². The Morgan fingerprint density at radius 2 is 2.00 bits per heavy atom. The lowest BCUT2D eigenvalue weighted by Crippen LogP contribution is -2.03. The number of nitrogens with one attached hydrogen (secondary N) is 1. The summed E-state index contributed by atoms with van der Waals surface area (Å²) in [6.07, 6.45) is 5.49.